The Bertz CT molecular complexity index is 1510. The number of H-pyrrole nitrogens is 1. The largest absolute Gasteiger partial charge is 0.508 e. The van der Waals surface area contributed by atoms with Crippen LogP contribution in [0.3, 0.4) is 0 Å². The number of para-hydroxylation sites is 1. The van der Waals surface area contributed by atoms with Crippen LogP contribution in [-0.2, 0) is 20.8 Å². The van der Waals surface area contributed by atoms with E-state index in [9.17, 15) is 24.6 Å². The van der Waals surface area contributed by atoms with Gasteiger partial charge in [0.15, 0.2) is 5.96 Å². The van der Waals surface area contributed by atoms with Gasteiger partial charge in [0.25, 0.3) is 0 Å². The van der Waals surface area contributed by atoms with Gasteiger partial charge in [-0.2, -0.15) is 0 Å². The molecule has 0 aliphatic rings. The number of hydrogen-bond donors (Lipinski definition) is 10. The van der Waals surface area contributed by atoms with Gasteiger partial charge in [-0.25, -0.2) is 0 Å². The fourth-order valence-electron chi connectivity index (χ4n) is 5.41. The molecule has 0 saturated carbocycles. The van der Waals surface area contributed by atoms with E-state index in [1.54, 1.807) is 6.20 Å². The Morgan fingerprint density at radius 1 is 0.816 bits per heavy atom. The van der Waals surface area contributed by atoms with Crippen molar-refractivity contribution in [2.75, 3.05) is 32.7 Å². The Balaban J connectivity index is 1.27. The lowest BCUT2D eigenvalue weighted by Crippen LogP contribution is -2.41. The average Bonchev–Trinajstić information content (AvgIpc) is 3.50. The van der Waals surface area contributed by atoms with Gasteiger partial charge in [-0.15, -0.1) is 0 Å². The number of benzene rings is 2. The number of nitrogens with zero attached hydrogens (tertiary/aromatic N) is 1. The van der Waals surface area contributed by atoms with E-state index in [0.29, 0.717) is 37.2 Å². The highest BCUT2D eigenvalue weighted by atomic mass is 16.3. The van der Waals surface area contributed by atoms with E-state index in [0.717, 1.165) is 75.4 Å². The Labute approximate surface area is 287 Å². The normalized spacial score (nSPS) is 12.3. The van der Waals surface area contributed by atoms with Crippen LogP contribution in [0.2, 0.25) is 0 Å². The molecule has 13 N–H and O–H groups in total. The van der Waals surface area contributed by atoms with Crippen LogP contribution in [0.5, 0.6) is 11.5 Å². The molecule has 0 spiro atoms. The van der Waals surface area contributed by atoms with Gasteiger partial charge in [-0.1, -0.05) is 49.9 Å². The smallest absolute Gasteiger partial charge is 0.247 e. The van der Waals surface area contributed by atoms with Gasteiger partial charge in [0.1, 0.15) is 17.5 Å². The summed E-state index contributed by atoms with van der Waals surface area (Å²) in [5.74, 6) is -1.22. The molecule has 0 radical (unpaired) electrons. The second-order valence-corrected chi connectivity index (χ2v) is 12.1. The highest BCUT2D eigenvalue weighted by molar-refractivity contribution is 5.95. The third kappa shape index (κ3) is 14.1. The van der Waals surface area contributed by atoms with Crippen molar-refractivity contribution in [3.63, 3.8) is 0 Å². The number of amides is 3. The molecule has 0 aliphatic carbocycles. The molecule has 0 bridgehead atoms. The van der Waals surface area contributed by atoms with E-state index in [1.807, 2.05) is 24.3 Å². The minimum atomic E-state index is -0.925. The number of carbonyl (C=O) groups excluding carboxylic acids is 3. The minimum Gasteiger partial charge on any atom is -0.508 e. The molecule has 0 aliphatic heterocycles. The van der Waals surface area contributed by atoms with E-state index in [4.69, 9.17) is 17.2 Å². The molecule has 0 fully saturated rings. The first kappa shape index (κ1) is 38.6. The number of phenolic OH excluding ortho intramolecular Hbond substituents is 2. The Hall–Kier alpha value is -4.82. The highest BCUT2D eigenvalue weighted by Gasteiger charge is 2.25. The van der Waals surface area contributed by atoms with Crippen molar-refractivity contribution in [1.29, 1.82) is 0 Å². The van der Waals surface area contributed by atoms with Gasteiger partial charge < -0.3 is 53.7 Å². The molecule has 3 aromatic rings. The van der Waals surface area contributed by atoms with Crippen LogP contribution in [0.25, 0.3) is 10.9 Å². The predicted molar refractivity (Wildman–Crippen MR) is 192 cm³/mol. The molecule has 0 saturated heterocycles. The van der Waals surface area contributed by atoms with Crippen molar-refractivity contribution in [2.24, 2.45) is 22.2 Å². The number of unbranched alkanes of at least 4 members (excludes halogenated alkanes) is 6. The number of carbonyl (C=O) groups is 3. The maximum atomic E-state index is 13.3. The SMILES string of the molecule is NC(N)=NCC[C@@H](N)C(=O)NCCCCCCCCNCCCCNC(=O)[C@@H](NC(=O)Cc1ccc(O)cc1O)c1c[nH]c2ccccc12. The number of rotatable bonds is 23. The summed E-state index contributed by atoms with van der Waals surface area (Å²) < 4.78 is 0. The van der Waals surface area contributed by atoms with Gasteiger partial charge in [-0.05, 0) is 57.3 Å². The minimum absolute atomic E-state index is 0.00648. The zero-order valence-electron chi connectivity index (χ0n) is 28.2. The maximum absolute atomic E-state index is 13.3. The lowest BCUT2D eigenvalue weighted by atomic mass is 10.0. The van der Waals surface area contributed by atoms with Crippen LogP contribution in [0.15, 0.2) is 53.7 Å². The summed E-state index contributed by atoms with van der Waals surface area (Å²) in [7, 11) is 0. The van der Waals surface area contributed by atoms with Crippen molar-refractivity contribution in [1.82, 2.24) is 26.3 Å². The van der Waals surface area contributed by atoms with Gasteiger partial charge in [0, 0.05) is 53.9 Å². The number of aromatic hydroxyl groups is 2. The molecular weight excluding hydrogens is 626 g/mol. The number of fused-ring (bicyclic) bond motifs is 1. The van der Waals surface area contributed by atoms with Crippen molar-refractivity contribution < 1.29 is 24.6 Å². The molecule has 3 rings (SSSR count). The van der Waals surface area contributed by atoms with E-state index in [1.165, 1.54) is 18.2 Å². The van der Waals surface area contributed by atoms with Crippen LogP contribution >= 0.6 is 0 Å². The maximum Gasteiger partial charge on any atom is 0.247 e. The van der Waals surface area contributed by atoms with Gasteiger partial charge in [-0.3, -0.25) is 19.4 Å². The third-order valence-electron chi connectivity index (χ3n) is 8.15. The standard InChI is InChI=1S/C35H53N9O5/c36-28(15-20-42-35(37)38)33(48)40-18-8-4-2-1-3-7-16-39-17-9-10-19-41-34(49)32(27-23-43-29-12-6-5-11-26(27)29)44-31(47)21-24-13-14-25(45)22-30(24)46/h5-6,11-14,22-23,28,32,39,43,45-46H,1-4,7-10,15-21,36H2,(H,40,48)(H,41,49)(H,44,47)(H4,37,38,42)/t28-,32+/m1/s1. The van der Waals surface area contributed by atoms with E-state index in [2.05, 4.69) is 31.2 Å². The molecular formula is C35H53N9O5. The molecule has 14 heteroatoms. The average molecular weight is 680 g/mol. The molecule has 14 nitrogen and oxygen atoms in total. The third-order valence-corrected chi connectivity index (χ3v) is 8.15. The molecule has 268 valence electrons. The second-order valence-electron chi connectivity index (χ2n) is 12.1. The summed E-state index contributed by atoms with van der Waals surface area (Å²) in [4.78, 5) is 45.3. The molecule has 1 heterocycles. The molecule has 0 unspecified atom stereocenters. The lowest BCUT2D eigenvalue weighted by Gasteiger charge is -2.19. The summed E-state index contributed by atoms with van der Waals surface area (Å²) in [5.41, 5.74) is 18.2. The van der Waals surface area contributed by atoms with Gasteiger partial charge in [0.2, 0.25) is 17.7 Å². The summed E-state index contributed by atoms with van der Waals surface area (Å²) in [5, 5.41) is 32.6. The number of guanidine groups is 1. The number of aromatic nitrogens is 1. The number of hydrogen-bond acceptors (Lipinski definition) is 8. The fourth-order valence-corrected chi connectivity index (χ4v) is 5.41. The molecule has 2 aromatic carbocycles. The monoisotopic (exact) mass is 679 g/mol. The highest BCUT2D eigenvalue weighted by Crippen LogP contribution is 2.26. The van der Waals surface area contributed by atoms with Crippen LogP contribution < -0.4 is 38.5 Å². The first-order chi connectivity index (χ1) is 23.7. The van der Waals surface area contributed by atoms with E-state index >= 15 is 0 Å². The summed E-state index contributed by atoms with van der Waals surface area (Å²) in [6, 6.07) is 10.1. The van der Waals surface area contributed by atoms with Crippen molar-refractivity contribution in [3.05, 3.63) is 59.8 Å². The molecule has 1 aromatic heterocycles. The zero-order valence-corrected chi connectivity index (χ0v) is 28.2. The summed E-state index contributed by atoms with van der Waals surface area (Å²) in [6.45, 7) is 3.20. The molecule has 2 atom stereocenters. The predicted octanol–water partition coefficient (Wildman–Crippen LogP) is 1.91. The van der Waals surface area contributed by atoms with E-state index in [-0.39, 0.29) is 35.7 Å². The number of aromatic amines is 1. The van der Waals surface area contributed by atoms with Crippen molar-refractivity contribution in [2.45, 2.75) is 76.3 Å². The first-order valence-corrected chi connectivity index (χ1v) is 17.1. The Morgan fingerprint density at radius 2 is 1.45 bits per heavy atom. The zero-order chi connectivity index (χ0) is 35.4. The number of phenols is 2. The second kappa shape index (κ2) is 21.2. The quantitative estimate of drug-likeness (QED) is 0.0399. The Kier molecular flexibility index (Phi) is 16.7. The number of nitrogens with two attached hydrogens (primary N) is 3. The lowest BCUT2D eigenvalue weighted by molar-refractivity contribution is -0.128. The van der Waals surface area contributed by atoms with Gasteiger partial charge in [0.05, 0.1) is 12.5 Å². The topological polar surface area (TPSA) is 246 Å². The number of aliphatic imine (C=N–C) groups is 1. The van der Waals surface area contributed by atoms with Crippen LogP contribution in [0.4, 0.5) is 0 Å². The van der Waals surface area contributed by atoms with Crippen molar-refractivity contribution >= 4 is 34.6 Å². The molecule has 49 heavy (non-hydrogen) atoms. The van der Waals surface area contributed by atoms with Crippen LogP contribution in [0.1, 0.15) is 75.0 Å². The Morgan fingerprint density at radius 3 is 2.16 bits per heavy atom. The first-order valence-electron chi connectivity index (χ1n) is 17.1. The number of nitrogens with one attached hydrogen (secondary N) is 5. The summed E-state index contributed by atoms with van der Waals surface area (Å²) in [6.07, 6.45) is 10.1. The molecule has 3 amide bonds. The van der Waals surface area contributed by atoms with Crippen molar-refractivity contribution in [3.8, 4) is 11.5 Å². The van der Waals surface area contributed by atoms with Crippen LogP contribution in [0, 0.1) is 0 Å². The van der Waals surface area contributed by atoms with Crippen LogP contribution in [-0.4, -0.2) is 77.6 Å². The fraction of sp³-hybridized carbons (Fsp3) is 0.486. The summed E-state index contributed by atoms with van der Waals surface area (Å²) >= 11 is 0. The van der Waals surface area contributed by atoms with Gasteiger partial charge >= 0.3 is 0 Å². The van der Waals surface area contributed by atoms with E-state index < -0.39 is 18.0 Å².